The summed E-state index contributed by atoms with van der Waals surface area (Å²) in [4.78, 5) is 0. The zero-order valence-electron chi connectivity index (χ0n) is 3.86. The van der Waals surface area contributed by atoms with Crippen LogP contribution in [0.15, 0.2) is 0 Å². The number of halogens is 2. The van der Waals surface area contributed by atoms with Gasteiger partial charge in [0.2, 0.25) is 0 Å². The van der Waals surface area contributed by atoms with Gasteiger partial charge in [-0.2, -0.15) is 0 Å². The van der Waals surface area contributed by atoms with Crippen molar-refractivity contribution in [2.45, 2.75) is 0 Å². The summed E-state index contributed by atoms with van der Waals surface area (Å²) in [6.45, 7) is 0. The van der Waals surface area contributed by atoms with Gasteiger partial charge in [-0.3, -0.25) is 0 Å². The summed E-state index contributed by atoms with van der Waals surface area (Å²) in [6.07, 6.45) is 0. The average Bonchev–Trinajstić information content (AvgIpc) is 0. The van der Waals surface area contributed by atoms with Gasteiger partial charge >= 0.3 is 37.7 Å². The van der Waals surface area contributed by atoms with E-state index < -0.39 is 0 Å². The fraction of sp³-hybridized carbons (Fsp3) is 0. The molecule has 0 aromatic carbocycles. The van der Waals surface area contributed by atoms with Crippen LogP contribution < -0.4 is 0 Å². The van der Waals surface area contributed by atoms with Crippen LogP contribution in [0.5, 0.6) is 0 Å². The molecule has 0 aliphatic heterocycles. The Balaban J connectivity index is 0. The molecule has 0 bridgehead atoms. The molecule has 4 heteroatoms. The van der Waals surface area contributed by atoms with Crippen LogP contribution >= 0.6 is 24.8 Å². The molecule has 0 rings (SSSR count). The Morgan fingerprint density at radius 3 is 1.00 bits per heavy atom. The third-order valence-electron chi connectivity index (χ3n) is 0. The molecule has 0 saturated heterocycles. The maximum Gasteiger partial charge on any atom is 2.00 e. The van der Waals surface area contributed by atoms with Crippen LogP contribution in [0, 0.1) is 0 Å². The fourth-order valence-electron chi connectivity index (χ4n) is 0. The molecule has 0 fully saturated rings. The van der Waals surface area contributed by atoms with Gasteiger partial charge in [0.1, 0.15) is 0 Å². The molecular weight excluding hydrogens is 170 g/mol. The first-order chi connectivity index (χ1) is 0. The van der Waals surface area contributed by atoms with Crippen LogP contribution in [0.1, 0.15) is 2.85 Å². The second kappa shape index (κ2) is 18.3. The van der Waals surface area contributed by atoms with Crippen molar-refractivity contribution >= 4 is 62.6 Å². The van der Waals surface area contributed by atoms with Crippen LogP contribution in [-0.2, 0) is 16.8 Å². The van der Waals surface area contributed by atoms with Crippen LogP contribution in [0.3, 0.4) is 0 Å². The zero-order chi connectivity index (χ0) is 0. The van der Waals surface area contributed by atoms with Gasteiger partial charge in [0.25, 0.3) is 0 Å². The molecule has 0 amide bonds. The van der Waals surface area contributed by atoms with Crippen LogP contribution in [-0.4, -0.2) is 37.7 Å². The van der Waals surface area contributed by atoms with Gasteiger partial charge in [0.15, 0.2) is 0 Å². The molecule has 0 N–H and O–H groups in total. The summed E-state index contributed by atoms with van der Waals surface area (Å²) in [6, 6.07) is 0. The SMILES string of the molecule is Cl.Cl.[Ca+2].[Co].[H-].[H-]. The Kier molecular flexibility index (Phi) is 151. The first kappa shape index (κ1) is 33.0. The van der Waals surface area contributed by atoms with Gasteiger partial charge in [0, 0.05) is 16.8 Å². The largest absolute Gasteiger partial charge is 2.00 e. The molecule has 0 unspecified atom stereocenters. The summed E-state index contributed by atoms with van der Waals surface area (Å²) >= 11 is 0. The standard InChI is InChI=1S/Ca.2ClH.Co.2H/h;2*1H;;;/q+2;;;;2*-1. The molecule has 0 spiro atoms. The van der Waals surface area contributed by atoms with Gasteiger partial charge in [-0.1, -0.05) is 0 Å². The monoisotopic (exact) mass is 173 g/mol. The Bertz CT molecular complexity index is 11.5. The predicted octanol–water partition coefficient (Wildman–Crippen LogP) is 0.685. The van der Waals surface area contributed by atoms with Crippen LogP contribution in [0.2, 0.25) is 0 Å². The molecule has 0 aliphatic rings. The van der Waals surface area contributed by atoms with Gasteiger partial charge < -0.3 is 2.85 Å². The van der Waals surface area contributed by atoms with E-state index in [-0.39, 0.29) is 82.2 Å². The topological polar surface area (TPSA) is 0 Å². The molecular formula is H4CaCl2Co. The van der Waals surface area contributed by atoms with Crippen molar-refractivity contribution in [2.24, 2.45) is 0 Å². The van der Waals surface area contributed by atoms with E-state index >= 15 is 0 Å². The summed E-state index contributed by atoms with van der Waals surface area (Å²) in [5.74, 6) is 0. The maximum atomic E-state index is 0. The zero-order valence-corrected chi connectivity index (χ0v) is 6.74. The predicted molar refractivity (Wildman–Crippen MR) is 22.5 cm³/mol. The second-order valence-electron chi connectivity index (χ2n) is 0. The van der Waals surface area contributed by atoms with Crippen LogP contribution in [0.4, 0.5) is 0 Å². The third kappa shape index (κ3) is 8.84. The Hall–Kier alpha value is 2.35. The molecule has 4 heavy (non-hydrogen) atoms. The molecule has 0 saturated carbocycles. The first-order valence-electron chi connectivity index (χ1n) is 0. The normalized spacial score (nSPS) is 0. The van der Waals surface area contributed by atoms with Crippen molar-refractivity contribution in [3.63, 3.8) is 0 Å². The van der Waals surface area contributed by atoms with Crippen molar-refractivity contribution < 1.29 is 19.6 Å². The molecule has 0 heterocycles. The van der Waals surface area contributed by atoms with E-state index in [1.165, 1.54) is 0 Å². The molecule has 0 nitrogen and oxygen atoms in total. The maximum absolute atomic E-state index is 0. The summed E-state index contributed by atoms with van der Waals surface area (Å²) in [5, 5.41) is 0. The number of hydrogen-bond donors (Lipinski definition) is 0. The van der Waals surface area contributed by atoms with Crippen molar-refractivity contribution in [3.05, 3.63) is 0 Å². The smallest absolute Gasteiger partial charge is 1.00 e. The van der Waals surface area contributed by atoms with Crippen molar-refractivity contribution in [3.8, 4) is 0 Å². The van der Waals surface area contributed by atoms with Crippen molar-refractivity contribution in [2.75, 3.05) is 0 Å². The van der Waals surface area contributed by atoms with E-state index in [0.29, 0.717) is 0 Å². The summed E-state index contributed by atoms with van der Waals surface area (Å²) in [7, 11) is 0. The first-order valence-corrected chi connectivity index (χ1v) is 0. The van der Waals surface area contributed by atoms with E-state index in [2.05, 4.69) is 0 Å². The van der Waals surface area contributed by atoms with Crippen molar-refractivity contribution in [1.82, 2.24) is 0 Å². The summed E-state index contributed by atoms with van der Waals surface area (Å²) in [5.41, 5.74) is 0. The summed E-state index contributed by atoms with van der Waals surface area (Å²) < 4.78 is 0. The van der Waals surface area contributed by atoms with E-state index in [1.807, 2.05) is 0 Å². The Morgan fingerprint density at radius 1 is 1.00 bits per heavy atom. The van der Waals surface area contributed by atoms with Crippen molar-refractivity contribution in [1.29, 1.82) is 0 Å². The molecule has 1 radical (unpaired) electrons. The minimum Gasteiger partial charge on any atom is -1.00 e. The van der Waals surface area contributed by atoms with Gasteiger partial charge in [-0.25, -0.2) is 0 Å². The minimum absolute atomic E-state index is 0. The second-order valence-corrected chi connectivity index (χ2v) is 0. The van der Waals surface area contributed by atoms with Gasteiger partial charge in [-0.15, -0.1) is 24.8 Å². The van der Waals surface area contributed by atoms with Gasteiger partial charge in [0.05, 0.1) is 0 Å². The molecule has 0 atom stereocenters. The third-order valence-corrected chi connectivity index (χ3v) is 0. The number of hydrogen-bond acceptors (Lipinski definition) is 0. The number of rotatable bonds is 0. The van der Waals surface area contributed by atoms with E-state index in [9.17, 15) is 0 Å². The molecule has 0 aromatic rings. The minimum atomic E-state index is 0. The molecule has 29 valence electrons. The quantitative estimate of drug-likeness (QED) is 0.474. The average molecular weight is 174 g/mol. The van der Waals surface area contributed by atoms with Crippen LogP contribution in [0.25, 0.3) is 0 Å². The van der Waals surface area contributed by atoms with Gasteiger partial charge in [-0.05, 0) is 0 Å². The van der Waals surface area contributed by atoms with E-state index in [1.54, 1.807) is 0 Å². The fourth-order valence-corrected chi connectivity index (χ4v) is 0. The van der Waals surface area contributed by atoms with E-state index in [4.69, 9.17) is 0 Å². The Labute approximate surface area is 81.1 Å². The van der Waals surface area contributed by atoms with E-state index in [0.717, 1.165) is 0 Å². The Morgan fingerprint density at radius 2 is 1.00 bits per heavy atom. The molecule has 0 aromatic heterocycles. The molecule has 0 aliphatic carbocycles.